The van der Waals surface area contributed by atoms with E-state index in [1.807, 2.05) is 0 Å². The first kappa shape index (κ1) is 13.0. The molecular formula is C17H21N3O. The van der Waals surface area contributed by atoms with Gasteiger partial charge in [0, 0.05) is 5.92 Å². The molecule has 1 N–H and O–H groups in total. The Balaban J connectivity index is 1.46. The number of hydrogen-bond acceptors (Lipinski definition) is 4. The summed E-state index contributed by atoms with van der Waals surface area (Å²) in [6.45, 7) is 1.06. The highest BCUT2D eigenvalue weighted by Crippen LogP contribution is 2.54. The molecule has 0 spiro atoms. The molecule has 4 rings (SSSR count). The summed E-state index contributed by atoms with van der Waals surface area (Å²) in [4.78, 5) is 4.67. The Labute approximate surface area is 124 Å². The van der Waals surface area contributed by atoms with Crippen molar-refractivity contribution in [1.82, 2.24) is 15.5 Å². The number of aromatic nitrogens is 2. The first-order valence-corrected chi connectivity index (χ1v) is 8.03. The van der Waals surface area contributed by atoms with Crippen LogP contribution in [0.4, 0.5) is 0 Å². The van der Waals surface area contributed by atoms with Crippen molar-refractivity contribution < 1.29 is 4.52 Å². The highest BCUT2D eigenvalue weighted by atomic mass is 16.5. The van der Waals surface area contributed by atoms with Crippen molar-refractivity contribution in [3.05, 3.63) is 47.6 Å². The molecule has 110 valence electrons. The van der Waals surface area contributed by atoms with E-state index in [1.54, 1.807) is 0 Å². The molecule has 0 bridgehead atoms. The van der Waals surface area contributed by atoms with Crippen LogP contribution < -0.4 is 5.32 Å². The first-order valence-electron chi connectivity index (χ1n) is 8.03. The second-order valence-corrected chi connectivity index (χ2v) is 6.21. The second-order valence-electron chi connectivity index (χ2n) is 6.21. The molecule has 2 heterocycles. The molecule has 1 aromatic heterocycles. The molecule has 2 fully saturated rings. The lowest BCUT2D eigenvalue weighted by Crippen LogP contribution is -2.21. The number of hydrogen-bond donors (Lipinski definition) is 1. The van der Waals surface area contributed by atoms with E-state index in [2.05, 4.69) is 45.8 Å². The zero-order valence-electron chi connectivity index (χ0n) is 12.2. The number of rotatable bonds is 3. The third kappa shape index (κ3) is 2.72. The van der Waals surface area contributed by atoms with Gasteiger partial charge in [-0.25, -0.2) is 0 Å². The van der Waals surface area contributed by atoms with Gasteiger partial charge in [-0.3, -0.25) is 0 Å². The predicted molar refractivity (Wildman–Crippen MR) is 80.1 cm³/mol. The van der Waals surface area contributed by atoms with Crippen molar-refractivity contribution in [2.45, 2.75) is 50.0 Å². The summed E-state index contributed by atoms with van der Waals surface area (Å²) in [6.07, 6.45) is 6.04. The Morgan fingerprint density at radius 2 is 1.95 bits per heavy atom. The van der Waals surface area contributed by atoms with Crippen LogP contribution in [0.3, 0.4) is 0 Å². The normalized spacial score (nSPS) is 29.0. The molecule has 4 heteroatoms. The molecule has 3 atom stereocenters. The van der Waals surface area contributed by atoms with Crippen LogP contribution in [0.2, 0.25) is 0 Å². The molecule has 3 unspecified atom stereocenters. The van der Waals surface area contributed by atoms with Gasteiger partial charge >= 0.3 is 0 Å². The Kier molecular flexibility index (Phi) is 3.47. The van der Waals surface area contributed by atoms with E-state index in [4.69, 9.17) is 4.52 Å². The molecule has 0 amide bonds. The monoisotopic (exact) mass is 283 g/mol. The van der Waals surface area contributed by atoms with Crippen LogP contribution in [0.1, 0.15) is 67.3 Å². The standard InChI is InChI=1S/C17H21N3O/c1-3-7-12(8-4-1)13-11-14(13)17-19-16(20-21-17)15-9-5-2-6-10-18-15/h1,3-4,7-8,13-15,18H,2,5-6,9-11H2. The molecule has 0 radical (unpaired) electrons. The Hall–Kier alpha value is -1.68. The molecule has 1 aliphatic carbocycles. The van der Waals surface area contributed by atoms with Gasteiger partial charge in [-0.2, -0.15) is 4.98 Å². The van der Waals surface area contributed by atoms with Crippen molar-refractivity contribution in [3.63, 3.8) is 0 Å². The molecular weight excluding hydrogens is 262 g/mol. The minimum atomic E-state index is 0.277. The van der Waals surface area contributed by atoms with E-state index in [9.17, 15) is 0 Å². The van der Waals surface area contributed by atoms with Gasteiger partial charge in [0.25, 0.3) is 0 Å². The van der Waals surface area contributed by atoms with Gasteiger partial charge in [0.2, 0.25) is 5.89 Å². The van der Waals surface area contributed by atoms with Crippen molar-refractivity contribution >= 4 is 0 Å². The molecule has 2 aliphatic rings. The van der Waals surface area contributed by atoms with Crippen molar-refractivity contribution in [2.75, 3.05) is 6.54 Å². The fraction of sp³-hybridized carbons (Fsp3) is 0.529. The van der Waals surface area contributed by atoms with Crippen molar-refractivity contribution in [2.24, 2.45) is 0 Å². The Morgan fingerprint density at radius 3 is 2.86 bits per heavy atom. The lowest BCUT2D eigenvalue weighted by Gasteiger charge is -2.09. The SMILES string of the molecule is c1ccc(C2CC2c2nc(C3CCCCCN3)no2)cc1. The Bertz CT molecular complexity index is 587. The van der Waals surface area contributed by atoms with Gasteiger partial charge in [0.1, 0.15) is 0 Å². The second kappa shape index (κ2) is 5.60. The lowest BCUT2D eigenvalue weighted by molar-refractivity contribution is 0.363. The van der Waals surface area contributed by atoms with Gasteiger partial charge in [0.05, 0.1) is 6.04 Å². The summed E-state index contributed by atoms with van der Waals surface area (Å²) >= 11 is 0. The molecule has 4 nitrogen and oxygen atoms in total. The van der Waals surface area contributed by atoms with Gasteiger partial charge in [-0.05, 0) is 37.3 Å². The fourth-order valence-corrected chi connectivity index (χ4v) is 3.32. The molecule has 1 saturated heterocycles. The Morgan fingerprint density at radius 1 is 1.05 bits per heavy atom. The maximum atomic E-state index is 5.53. The maximum absolute atomic E-state index is 5.53. The van der Waals surface area contributed by atoms with Crippen LogP contribution in [0.15, 0.2) is 34.9 Å². The third-order valence-corrected chi connectivity index (χ3v) is 4.66. The highest BCUT2D eigenvalue weighted by Gasteiger charge is 2.43. The average molecular weight is 283 g/mol. The molecule has 1 saturated carbocycles. The quantitative estimate of drug-likeness (QED) is 0.936. The third-order valence-electron chi connectivity index (χ3n) is 4.66. The van der Waals surface area contributed by atoms with Crippen LogP contribution in [0.5, 0.6) is 0 Å². The largest absolute Gasteiger partial charge is 0.339 e. The summed E-state index contributed by atoms with van der Waals surface area (Å²) in [5.74, 6) is 2.65. The minimum Gasteiger partial charge on any atom is -0.339 e. The van der Waals surface area contributed by atoms with E-state index < -0.39 is 0 Å². The highest BCUT2D eigenvalue weighted by molar-refractivity contribution is 5.30. The fourth-order valence-electron chi connectivity index (χ4n) is 3.32. The van der Waals surface area contributed by atoms with Crippen LogP contribution in [0.25, 0.3) is 0 Å². The van der Waals surface area contributed by atoms with E-state index in [1.165, 1.54) is 24.8 Å². The molecule has 2 aromatic rings. The van der Waals surface area contributed by atoms with Crippen molar-refractivity contribution in [1.29, 1.82) is 0 Å². The molecule has 21 heavy (non-hydrogen) atoms. The van der Waals surface area contributed by atoms with Gasteiger partial charge in [-0.1, -0.05) is 48.3 Å². The number of benzene rings is 1. The maximum Gasteiger partial charge on any atom is 0.230 e. The predicted octanol–water partition coefficient (Wildman–Crippen LogP) is 3.55. The summed E-state index contributed by atoms with van der Waals surface area (Å²) in [7, 11) is 0. The van der Waals surface area contributed by atoms with Crippen LogP contribution in [-0.2, 0) is 0 Å². The smallest absolute Gasteiger partial charge is 0.230 e. The summed E-state index contributed by atoms with van der Waals surface area (Å²) < 4.78 is 5.53. The van der Waals surface area contributed by atoms with Crippen LogP contribution in [0, 0.1) is 0 Å². The zero-order valence-corrected chi connectivity index (χ0v) is 12.2. The lowest BCUT2D eigenvalue weighted by atomic mass is 10.1. The topological polar surface area (TPSA) is 51.0 Å². The van der Waals surface area contributed by atoms with Gasteiger partial charge < -0.3 is 9.84 Å². The number of nitrogens with zero attached hydrogens (tertiary/aromatic N) is 2. The minimum absolute atomic E-state index is 0.277. The number of nitrogens with one attached hydrogen (secondary N) is 1. The summed E-state index contributed by atoms with van der Waals surface area (Å²) in [5.41, 5.74) is 1.38. The molecule has 1 aromatic carbocycles. The van der Waals surface area contributed by atoms with E-state index in [0.29, 0.717) is 11.8 Å². The summed E-state index contributed by atoms with van der Waals surface area (Å²) in [5, 5.41) is 7.75. The zero-order chi connectivity index (χ0) is 14.1. The van der Waals surface area contributed by atoms with Crippen LogP contribution >= 0.6 is 0 Å². The average Bonchev–Trinajstić information content (AvgIpc) is 3.26. The first-order chi connectivity index (χ1) is 10.4. The van der Waals surface area contributed by atoms with Gasteiger partial charge in [-0.15, -0.1) is 0 Å². The van der Waals surface area contributed by atoms with Crippen LogP contribution in [-0.4, -0.2) is 16.7 Å². The molecule has 1 aliphatic heterocycles. The van der Waals surface area contributed by atoms with E-state index in [-0.39, 0.29) is 6.04 Å². The van der Waals surface area contributed by atoms with Crippen molar-refractivity contribution in [3.8, 4) is 0 Å². The van der Waals surface area contributed by atoms with E-state index >= 15 is 0 Å². The van der Waals surface area contributed by atoms with Gasteiger partial charge in [0.15, 0.2) is 5.82 Å². The summed E-state index contributed by atoms with van der Waals surface area (Å²) in [6, 6.07) is 10.9. The van der Waals surface area contributed by atoms with E-state index in [0.717, 1.165) is 31.1 Å².